The SMILES string of the molecule is O=C(CC(O)C(=O)OCC(=O)OC12CC3CC(CC(O)(C3)C1)C2)OCC(=O)OC12CC3CC(CC(O)(C3)C1)C2.O=C(CCl)OC12CC3CC(CC(O)(C3)C1)C2.O=C(O)CC(O)C(=O)O. The first kappa shape index (κ1) is 48.3. The smallest absolute Gasteiger partial charge is 0.344 e. The molecule has 0 radical (unpaired) electrons. The number of aliphatic hydroxyl groups is 5. The molecule has 0 aromatic carbocycles. The number of rotatable bonds is 14. The average Bonchev–Trinajstić information content (AvgIpc) is 3.12. The van der Waals surface area contributed by atoms with E-state index >= 15 is 0 Å². The zero-order valence-corrected chi connectivity index (χ0v) is 36.5. The molecule has 20 heteroatoms. The van der Waals surface area contributed by atoms with E-state index in [4.69, 9.17) is 50.6 Å². The molecule has 0 heterocycles. The number of esters is 5. The Morgan fingerprint density at radius 3 is 1.12 bits per heavy atom. The van der Waals surface area contributed by atoms with Gasteiger partial charge in [0, 0.05) is 19.3 Å². The summed E-state index contributed by atoms with van der Waals surface area (Å²) in [6.45, 7) is -1.39. The van der Waals surface area contributed by atoms with Gasteiger partial charge in [-0.05, 0) is 132 Å². The highest BCUT2D eigenvalue weighted by molar-refractivity contribution is 6.26. The van der Waals surface area contributed by atoms with Crippen LogP contribution in [0.1, 0.15) is 128 Å². The predicted molar refractivity (Wildman–Crippen MR) is 215 cm³/mol. The summed E-state index contributed by atoms with van der Waals surface area (Å²) in [5, 5.41) is 66.2. The van der Waals surface area contributed by atoms with Gasteiger partial charge in [0.05, 0.1) is 29.6 Å². The van der Waals surface area contributed by atoms with Crippen LogP contribution in [0, 0.1) is 35.5 Å². The van der Waals surface area contributed by atoms with E-state index in [0.29, 0.717) is 80.5 Å². The van der Waals surface area contributed by atoms with Crippen LogP contribution in [0.15, 0.2) is 0 Å². The summed E-state index contributed by atoms with van der Waals surface area (Å²) >= 11 is 5.49. The van der Waals surface area contributed by atoms with Crippen LogP contribution in [-0.4, -0.2) is 142 Å². The third kappa shape index (κ3) is 11.5. The van der Waals surface area contributed by atoms with Crippen molar-refractivity contribution in [3.05, 3.63) is 0 Å². The zero-order chi connectivity index (χ0) is 46.5. The second-order valence-corrected chi connectivity index (χ2v) is 21.4. The molecule has 358 valence electrons. The molecule has 7 N–H and O–H groups in total. The van der Waals surface area contributed by atoms with Crippen LogP contribution in [0.25, 0.3) is 0 Å². The summed E-state index contributed by atoms with van der Waals surface area (Å²) in [5.74, 6) is -4.60. The second kappa shape index (κ2) is 18.2. The van der Waals surface area contributed by atoms with Gasteiger partial charge in [-0.25, -0.2) is 19.2 Å². The number of carboxylic acid groups (broad SMARTS) is 2. The van der Waals surface area contributed by atoms with Crippen LogP contribution in [0.3, 0.4) is 0 Å². The van der Waals surface area contributed by atoms with Crippen molar-refractivity contribution in [1.82, 2.24) is 0 Å². The molecule has 0 aromatic rings. The van der Waals surface area contributed by atoms with E-state index < -0.39 is 108 Å². The second-order valence-electron chi connectivity index (χ2n) is 21.1. The molecule has 0 spiro atoms. The third-order valence-electron chi connectivity index (χ3n) is 15.0. The largest absolute Gasteiger partial charge is 0.481 e. The molecular weight excluding hydrogens is 868 g/mol. The highest BCUT2D eigenvalue weighted by Crippen LogP contribution is 2.61. The summed E-state index contributed by atoms with van der Waals surface area (Å²) in [7, 11) is 0. The number of aliphatic carboxylic acids is 2. The van der Waals surface area contributed by atoms with E-state index in [-0.39, 0.29) is 11.8 Å². The standard InChI is InChI=1S/C28H38O11.C12H17ClO3.C4H6O5/c29-20(24(33)37-13-23(32)39-28-10-18-2-19(11-28)7-26(35,6-18)15-28)3-21(30)36-12-22(31)38-27-8-16-1-17(9-27)5-25(34,4-16)14-27;13-6-10(14)16-12-4-8-1-9(5-12)3-11(15,2-8)7-12;5-2(4(8)9)1-3(6)7/h16-20,29,34-35H,1-15H2;8-9,15H,1-7H2;2,5H,1H2,(H,6,7)(H,8,9). The van der Waals surface area contributed by atoms with Gasteiger partial charge in [-0.2, -0.15) is 0 Å². The Labute approximate surface area is 374 Å². The lowest BCUT2D eigenvalue weighted by Crippen LogP contribution is -2.60. The first-order valence-electron chi connectivity index (χ1n) is 22.4. The number of aliphatic hydroxyl groups excluding tert-OH is 2. The van der Waals surface area contributed by atoms with Gasteiger partial charge in [-0.3, -0.25) is 14.4 Å². The minimum absolute atomic E-state index is 0.0878. The minimum Gasteiger partial charge on any atom is -0.481 e. The summed E-state index contributed by atoms with van der Waals surface area (Å²) < 4.78 is 26.7. The topological polar surface area (TPSA) is 307 Å². The van der Waals surface area contributed by atoms with Crippen molar-refractivity contribution in [3.63, 3.8) is 0 Å². The van der Waals surface area contributed by atoms with Crippen molar-refractivity contribution in [2.75, 3.05) is 19.1 Å². The molecule has 8 atom stereocenters. The van der Waals surface area contributed by atoms with Crippen LogP contribution in [0.4, 0.5) is 0 Å². The maximum atomic E-state index is 12.4. The molecule has 12 aliphatic rings. The Morgan fingerprint density at radius 1 is 0.484 bits per heavy atom. The van der Waals surface area contributed by atoms with Crippen LogP contribution in [0.2, 0.25) is 0 Å². The average molecular weight is 929 g/mol. The minimum atomic E-state index is -1.88. The van der Waals surface area contributed by atoms with Gasteiger partial charge in [0.25, 0.3) is 0 Å². The monoisotopic (exact) mass is 928 g/mol. The fraction of sp³-hybridized carbons (Fsp3) is 0.841. The number of carbonyl (C=O) groups excluding carboxylic acids is 5. The van der Waals surface area contributed by atoms with Crippen LogP contribution >= 0.6 is 11.6 Å². The number of carbonyl (C=O) groups is 7. The lowest BCUT2D eigenvalue weighted by Gasteiger charge is -2.59. The van der Waals surface area contributed by atoms with E-state index in [2.05, 4.69) is 0 Å². The number of alkyl halides is 1. The van der Waals surface area contributed by atoms with E-state index in [1.165, 1.54) is 6.42 Å². The Hall–Kier alpha value is -3.62. The molecule has 64 heavy (non-hydrogen) atoms. The van der Waals surface area contributed by atoms with Gasteiger partial charge < -0.3 is 59.4 Å². The van der Waals surface area contributed by atoms with E-state index in [1.54, 1.807) is 0 Å². The molecular formula is C44H61ClO19. The van der Waals surface area contributed by atoms with Crippen molar-refractivity contribution in [1.29, 1.82) is 0 Å². The van der Waals surface area contributed by atoms with Crippen LogP contribution in [0.5, 0.6) is 0 Å². The van der Waals surface area contributed by atoms with E-state index in [9.17, 15) is 54.0 Å². The third-order valence-corrected chi connectivity index (χ3v) is 15.2. The van der Waals surface area contributed by atoms with E-state index in [1.807, 2.05) is 0 Å². The van der Waals surface area contributed by atoms with Crippen molar-refractivity contribution in [2.45, 2.75) is 174 Å². The van der Waals surface area contributed by atoms with Crippen LogP contribution in [-0.2, 0) is 57.2 Å². The highest BCUT2D eigenvalue weighted by atomic mass is 35.5. The number of carboxylic acids is 2. The summed E-state index contributed by atoms with van der Waals surface area (Å²) in [4.78, 5) is 79.9. The summed E-state index contributed by atoms with van der Waals surface area (Å²) in [6.07, 6.45) is 8.79. The quantitative estimate of drug-likeness (QED) is 0.0742. The first-order chi connectivity index (χ1) is 29.9. The van der Waals surface area contributed by atoms with Gasteiger partial charge in [-0.1, -0.05) is 0 Å². The number of halogens is 1. The highest BCUT2D eigenvalue weighted by Gasteiger charge is 2.61. The van der Waals surface area contributed by atoms with Crippen molar-refractivity contribution in [2.24, 2.45) is 35.5 Å². The van der Waals surface area contributed by atoms with Crippen molar-refractivity contribution >= 4 is 53.4 Å². The molecule has 0 saturated heterocycles. The number of ether oxygens (including phenoxy) is 5. The molecule has 0 aromatic heterocycles. The van der Waals surface area contributed by atoms with E-state index in [0.717, 1.165) is 64.2 Å². The Balaban J connectivity index is 0.000000200. The van der Waals surface area contributed by atoms with Gasteiger partial charge in [-0.15, -0.1) is 11.6 Å². The fourth-order valence-corrected chi connectivity index (χ4v) is 14.5. The molecule has 12 rings (SSSR count). The molecule has 12 aliphatic carbocycles. The molecule has 8 unspecified atom stereocenters. The maximum Gasteiger partial charge on any atom is 0.344 e. The molecule has 12 saturated carbocycles. The summed E-state index contributed by atoms with van der Waals surface area (Å²) in [6, 6.07) is 0. The lowest BCUT2D eigenvalue weighted by molar-refractivity contribution is -0.223. The number of hydrogen-bond donors (Lipinski definition) is 7. The maximum absolute atomic E-state index is 12.4. The fourth-order valence-electron chi connectivity index (χ4n) is 14.5. The van der Waals surface area contributed by atoms with Gasteiger partial charge in [0.1, 0.15) is 22.7 Å². The predicted octanol–water partition coefficient (Wildman–Crippen LogP) is 1.84. The van der Waals surface area contributed by atoms with Gasteiger partial charge >= 0.3 is 41.8 Å². The Morgan fingerprint density at radius 2 is 0.828 bits per heavy atom. The van der Waals surface area contributed by atoms with Crippen LogP contribution < -0.4 is 0 Å². The molecule has 12 fully saturated rings. The first-order valence-corrected chi connectivity index (χ1v) is 22.9. The van der Waals surface area contributed by atoms with Crippen molar-refractivity contribution in [3.8, 4) is 0 Å². The van der Waals surface area contributed by atoms with Crippen molar-refractivity contribution < 1.29 is 93.0 Å². The molecule has 0 amide bonds. The zero-order valence-electron chi connectivity index (χ0n) is 35.8. The Bertz CT molecular complexity index is 1810. The molecule has 0 aliphatic heterocycles. The lowest BCUT2D eigenvalue weighted by atomic mass is 9.52. The normalized spacial score (nSPS) is 40.7. The Kier molecular flexibility index (Phi) is 13.8. The van der Waals surface area contributed by atoms with Gasteiger partial charge in [0.2, 0.25) is 0 Å². The summed E-state index contributed by atoms with van der Waals surface area (Å²) in [5.41, 5.74) is -4.04. The molecule has 19 nitrogen and oxygen atoms in total. The number of hydrogen-bond acceptors (Lipinski definition) is 17. The van der Waals surface area contributed by atoms with Gasteiger partial charge in [0.15, 0.2) is 25.4 Å². The molecule has 12 bridgehead atoms.